The number of ether oxygens (including phenoxy) is 2. The third kappa shape index (κ3) is 8.06. The Morgan fingerprint density at radius 3 is 2.31 bits per heavy atom. The largest absolute Gasteiger partial charge is 0.497 e. The number of anilines is 1. The van der Waals surface area contributed by atoms with Crippen LogP contribution in [-0.4, -0.2) is 63.0 Å². The SMILES string of the molecule is CCS(=O)(=O)Nc1cc(OC)ccc1S(=O)(=O)NCCNCCOC.Cl. The molecular formula is C14H26ClN3O6S2. The number of benzene rings is 1. The molecule has 1 aromatic carbocycles. The van der Waals surface area contributed by atoms with Crippen molar-refractivity contribution in [1.82, 2.24) is 10.0 Å². The van der Waals surface area contributed by atoms with Crippen LogP contribution in [0.25, 0.3) is 0 Å². The van der Waals surface area contributed by atoms with Crippen molar-refractivity contribution in [2.24, 2.45) is 0 Å². The third-order valence-corrected chi connectivity index (χ3v) is 6.01. The highest BCUT2D eigenvalue weighted by molar-refractivity contribution is 7.93. The van der Waals surface area contributed by atoms with Gasteiger partial charge < -0.3 is 14.8 Å². The Hall–Kier alpha value is -1.11. The van der Waals surface area contributed by atoms with E-state index < -0.39 is 20.0 Å². The first kappa shape index (κ1) is 24.9. The molecule has 26 heavy (non-hydrogen) atoms. The number of halogens is 1. The van der Waals surface area contributed by atoms with E-state index in [1.165, 1.54) is 32.2 Å². The second kappa shape index (κ2) is 11.6. The first-order chi connectivity index (χ1) is 11.8. The van der Waals surface area contributed by atoms with Crippen molar-refractivity contribution in [1.29, 1.82) is 0 Å². The van der Waals surface area contributed by atoms with Crippen LogP contribution < -0.4 is 19.5 Å². The summed E-state index contributed by atoms with van der Waals surface area (Å²) >= 11 is 0. The van der Waals surface area contributed by atoms with Crippen molar-refractivity contribution in [2.75, 3.05) is 50.9 Å². The Kier molecular flexibility index (Phi) is 11.1. The molecule has 152 valence electrons. The van der Waals surface area contributed by atoms with Gasteiger partial charge >= 0.3 is 0 Å². The van der Waals surface area contributed by atoms with Gasteiger partial charge in [-0.3, -0.25) is 4.72 Å². The van der Waals surface area contributed by atoms with Crippen LogP contribution in [0.4, 0.5) is 5.69 Å². The summed E-state index contributed by atoms with van der Waals surface area (Å²) in [6.45, 7) is 3.14. The topological polar surface area (TPSA) is 123 Å². The molecular weight excluding hydrogens is 406 g/mol. The minimum Gasteiger partial charge on any atom is -0.497 e. The summed E-state index contributed by atoms with van der Waals surface area (Å²) in [4.78, 5) is -0.165. The zero-order chi connectivity index (χ0) is 18.9. The lowest BCUT2D eigenvalue weighted by molar-refractivity contribution is 0.199. The monoisotopic (exact) mass is 431 g/mol. The quantitative estimate of drug-likeness (QED) is 0.409. The van der Waals surface area contributed by atoms with Crippen LogP contribution in [0.15, 0.2) is 23.1 Å². The molecule has 0 radical (unpaired) electrons. The highest BCUT2D eigenvalue weighted by atomic mass is 35.5. The molecule has 12 heteroatoms. The van der Waals surface area contributed by atoms with Crippen molar-refractivity contribution in [3.8, 4) is 5.75 Å². The van der Waals surface area contributed by atoms with Crippen LogP contribution in [0.3, 0.4) is 0 Å². The molecule has 0 spiro atoms. The molecule has 0 saturated carbocycles. The Morgan fingerprint density at radius 2 is 1.73 bits per heavy atom. The summed E-state index contributed by atoms with van der Waals surface area (Å²) in [7, 11) is -4.55. The summed E-state index contributed by atoms with van der Waals surface area (Å²) in [6, 6.07) is 4.08. The zero-order valence-electron chi connectivity index (χ0n) is 14.9. The van der Waals surface area contributed by atoms with Crippen molar-refractivity contribution >= 4 is 38.1 Å². The van der Waals surface area contributed by atoms with Crippen LogP contribution in [-0.2, 0) is 24.8 Å². The Morgan fingerprint density at radius 1 is 1.04 bits per heavy atom. The van der Waals surface area contributed by atoms with Gasteiger partial charge in [-0.15, -0.1) is 12.4 Å². The first-order valence-electron chi connectivity index (χ1n) is 7.63. The zero-order valence-corrected chi connectivity index (χ0v) is 17.4. The second-order valence-corrected chi connectivity index (χ2v) is 8.75. The number of methoxy groups -OCH3 is 2. The molecule has 0 aliphatic carbocycles. The fourth-order valence-electron chi connectivity index (χ4n) is 1.84. The maximum atomic E-state index is 12.5. The molecule has 0 heterocycles. The first-order valence-corrected chi connectivity index (χ1v) is 10.8. The number of hydrogen-bond donors (Lipinski definition) is 3. The molecule has 0 amide bonds. The van der Waals surface area contributed by atoms with Gasteiger partial charge in [-0.05, 0) is 19.1 Å². The summed E-state index contributed by atoms with van der Waals surface area (Å²) in [6.07, 6.45) is 0. The molecule has 0 aliphatic heterocycles. The molecule has 1 rings (SSSR count). The maximum Gasteiger partial charge on any atom is 0.242 e. The summed E-state index contributed by atoms with van der Waals surface area (Å²) < 4.78 is 63.2. The van der Waals surface area contributed by atoms with Crippen molar-refractivity contribution < 1.29 is 26.3 Å². The van der Waals surface area contributed by atoms with Gasteiger partial charge in [0.2, 0.25) is 20.0 Å². The van der Waals surface area contributed by atoms with E-state index in [1.54, 1.807) is 7.11 Å². The van der Waals surface area contributed by atoms with Gasteiger partial charge in [0.25, 0.3) is 0 Å². The number of hydrogen-bond acceptors (Lipinski definition) is 7. The fraction of sp³-hybridized carbons (Fsp3) is 0.571. The Bertz CT molecular complexity index is 756. The number of rotatable bonds is 12. The van der Waals surface area contributed by atoms with Gasteiger partial charge in [0.05, 0.1) is 25.2 Å². The third-order valence-electron chi connectivity index (χ3n) is 3.20. The molecule has 0 bridgehead atoms. The van der Waals surface area contributed by atoms with E-state index in [4.69, 9.17) is 9.47 Å². The van der Waals surface area contributed by atoms with Gasteiger partial charge in [-0.1, -0.05) is 0 Å². The van der Waals surface area contributed by atoms with E-state index in [0.29, 0.717) is 25.4 Å². The molecule has 0 aliphatic rings. The normalized spacial score (nSPS) is 11.7. The van der Waals surface area contributed by atoms with E-state index in [9.17, 15) is 16.8 Å². The molecule has 0 saturated heterocycles. The summed E-state index contributed by atoms with van der Waals surface area (Å²) in [5.74, 6) is 0.162. The fourth-order valence-corrected chi connectivity index (χ4v) is 3.73. The number of nitrogens with one attached hydrogen (secondary N) is 3. The van der Waals surface area contributed by atoms with Gasteiger partial charge in [-0.2, -0.15) is 0 Å². The van der Waals surface area contributed by atoms with Gasteiger partial charge in [0.15, 0.2) is 0 Å². The molecule has 1 aromatic rings. The lowest BCUT2D eigenvalue weighted by Gasteiger charge is -2.14. The van der Waals surface area contributed by atoms with Gasteiger partial charge in [0.1, 0.15) is 10.6 Å². The molecule has 0 unspecified atom stereocenters. The Labute approximate surface area is 161 Å². The summed E-state index contributed by atoms with van der Waals surface area (Å²) in [5, 5.41) is 3.01. The predicted octanol–water partition coefficient (Wildman–Crippen LogP) is 0.393. The van der Waals surface area contributed by atoms with Crippen LogP contribution >= 0.6 is 12.4 Å². The lowest BCUT2D eigenvalue weighted by Crippen LogP contribution is -2.33. The van der Waals surface area contributed by atoms with E-state index >= 15 is 0 Å². The average Bonchev–Trinajstić information content (AvgIpc) is 2.57. The second-order valence-electron chi connectivity index (χ2n) is 5.01. The predicted molar refractivity (Wildman–Crippen MR) is 103 cm³/mol. The van der Waals surface area contributed by atoms with Crippen molar-refractivity contribution in [3.05, 3.63) is 18.2 Å². The minimum absolute atomic E-state index is 0. The number of sulfonamides is 2. The lowest BCUT2D eigenvalue weighted by atomic mass is 10.3. The molecule has 0 aromatic heterocycles. The van der Waals surface area contributed by atoms with E-state index in [2.05, 4.69) is 14.8 Å². The van der Waals surface area contributed by atoms with Crippen LogP contribution in [0, 0.1) is 0 Å². The smallest absolute Gasteiger partial charge is 0.242 e. The van der Waals surface area contributed by atoms with Crippen molar-refractivity contribution in [2.45, 2.75) is 11.8 Å². The Balaban J connectivity index is 0.00000625. The average molecular weight is 432 g/mol. The highest BCUT2D eigenvalue weighted by Gasteiger charge is 2.21. The molecule has 9 nitrogen and oxygen atoms in total. The van der Waals surface area contributed by atoms with Gasteiger partial charge in [-0.25, -0.2) is 21.6 Å². The van der Waals surface area contributed by atoms with E-state index in [-0.39, 0.29) is 35.3 Å². The standard InChI is InChI=1S/C14H25N3O6S2.ClH/c1-4-24(18,19)17-13-11-12(23-3)5-6-14(13)25(20,21)16-8-7-15-9-10-22-2;/h5-6,11,15-17H,4,7-10H2,1-3H3;1H. The molecule has 0 atom stereocenters. The summed E-state index contributed by atoms with van der Waals surface area (Å²) in [5.41, 5.74) is -0.0546. The van der Waals surface area contributed by atoms with Crippen LogP contribution in [0.2, 0.25) is 0 Å². The van der Waals surface area contributed by atoms with Crippen LogP contribution in [0.1, 0.15) is 6.92 Å². The van der Waals surface area contributed by atoms with E-state index in [1.807, 2.05) is 0 Å². The minimum atomic E-state index is -3.89. The van der Waals surface area contributed by atoms with Gasteiger partial charge in [0, 0.05) is 32.8 Å². The highest BCUT2D eigenvalue weighted by Crippen LogP contribution is 2.27. The van der Waals surface area contributed by atoms with Crippen LogP contribution in [0.5, 0.6) is 5.75 Å². The molecule has 0 fully saturated rings. The maximum absolute atomic E-state index is 12.5. The molecule has 3 N–H and O–H groups in total. The van der Waals surface area contributed by atoms with Crippen molar-refractivity contribution in [3.63, 3.8) is 0 Å². The van der Waals surface area contributed by atoms with E-state index in [0.717, 1.165) is 0 Å².